The summed E-state index contributed by atoms with van der Waals surface area (Å²) in [5.41, 5.74) is 0. The minimum atomic E-state index is -4.64. The largest absolute Gasteiger partial charge is 0.756 e. The van der Waals surface area contributed by atoms with Crippen LogP contribution in [0.5, 0.6) is 0 Å². The van der Waals surface area contributed by atoms with Crippen LogP contribution >= 0.6 is 7.82 Å². The summed E-state index contributed by atoms with van der Waals surface area (Å²) in [6.07, 6.45) is 71.7. The monoisotopic (exact) mass is 1080 g/mol. The Labute approximate surface area is 464 Å². The summed E-state index contributed by atoms with van der Waals surface area (Å²) in [5.74, 6) is -0.818. The number of phosphoric acid groups is 1. The van der Waals surface area contributed by atoms with Crippen LogP contribution in [-0.4, -0.2) is 70.0 Å². The van der Waals surface area contributed by atoms with Crippen molar-refractivity contribution < 1.29 is 42.1 Å². The molecule has 9 nitrogen and oxygen atoms in total. The molecule has 75 heavy (non-hydrogen) atoms. The van der Waals surface area contributed by atoms with Crippen LogP contribution in [0, 0.1) is 0 Å². The number of ether oxygens (including phenoxy) is 2. The summed E-state index contributed by atoms with van der Waals surface area (Å²) < 4.78 is 34.3. The Morgan fingerprint density at radius 1 is 0.427 bits per heavy atom. The minimum Gasteiger partial charge on any atom is -0.756 e. The lowest BCUT2D eigenvalue weighted by Crippen LogP contribution is -2.37. The maximum atomic E-state index is 12.8. The fraction of sp³-hybridized carbons (Fsp3) is 0.846. The highest BCUT2D eigenvalue weighted by atomic mass is 31.2. The zero-order valence-electron chi connectivity index (χ0n) is 50.0. The van der Waals surface area contributed by atoms with Gasteiger partial charge in [-0.25, -0.2) is 0 Å². The van der Waals surface area contributed by atoms with E-state index in [1.807, 2.05) is 21.1 Å². The van der Waals surface area contributed by atoms with Gasteiger partial charge in [-0.1, -0.05) is 287 Å². The number of rotatable bonds is 59. The van der Waals surface area contributed by atoms with Gasteiger partial charge in [-0.05, 0) is 51.4 Å². The third-order valence-electron chi connectivity index (χ3n) is 14.1. The van der Waals surface area contributed by atoms with Gasteiger partial charge in [0.25, 0.3) is 7.82 Å². The van der Waals surface area contributed by atoms with Gasteiger partial charge < -0.3 is 27.9 Å². The molecule has 0 aliphatic rings. The van der Waals surface area contributed by atoms with E-state index in [1.54, 1.807) is 0 Å². The Morgan fingerprint density at radius 2 is 0.760 bits per heavy atom. The highest BCUT2D eigenvalue weighted by Gasteiger charge is 2.22. The maximum Gasteiger partial charge on any atom is 0.306 e. The lowest BCUT2D eigenvalue weighted by Gasteiger charge is -2.28. The molecule has 0 spiro atoms. The van der Waals surface area contributed by atoms with Crippen LogP contribution in [0.3, 0.4) is 0 Å². The predicted molar refractivity (Wildman–Crippen MR) is 319 cm³/mol. The van der Waals surface area contributed by atoms with Gasteiger partial charge in [-0.15, -0.1) is 0 Å². The van der Waals surface area contributed by atoms with Crippen molar-refractivity contribution in [2.45, 2.75) is 309 Å². The van der Waals surface area contributed by atoms with E-state index in [2.05, 4.69) is 62.5 Å². The van der Waals surface area contributed by atoms with Gasteiger partial charge in [0, 0.05) is 12.8 Å². The summed E-state index contributed by atoms with van der Waals surface area (Å²) in [5, 5.41) is 0. The molecule has 0 N–H and O–H groups in total. The highest BCUT2D eigenvalue weighted by molar-refractivity contribution is 7.45. The predicted octanol–water partition coefficient (Wildman–Crippen LogP) is 19.5. The number of quaternary nitrogens is 1. The highest BCUT2D eigenvalue weighted by Crippen LogP contribution is 2.38. The van der Waals surface area contributed by atoms with Crippen LogP contribution in [0.15, 0.2) is 48.6 Å². The number of esters is 2. The van der Waals surface area contributed by atoms with Gasteiger partial charge in [0.15, 0.2) is 6.10 Å². The summed E-state index contributed by atoms with van der Waals surface area (Å²) >= 11 is 0. The molecule has 0 aliphatic heterocycles. The standard InChI is InChI=1S/C65H122NO8P/c1-6-8-10-12-14-16-18-20-22-24-26-28-30-32-33-34-36-38-40-42-44-46-48-50-52-54-56-58-65(68)74-63(62-73-75(69,70)72-60-59-66(3,4)5)61-71-64(67)57-55-53-51-49-47-45-43-41-39-37-35-31-29-27-25-23-21-19-17-15-13-11-9-7-2/h8,10,14,16,20,22,26,28,63H,6-7,9,11-13,15,17-19,21,23-25,27,29-62H2,1-5H3/b10-8-,16-14-,22-20-,28-26-. The van der Waals surface area contributed by atoms with Crippen LogP contribution in [0.4, 0.5) is 0 Å². The topological polar surface area (TPSA) is 111 Å². The van der Waals surface area contributed by atoms with Crippen molar-refractivity contribution in [1.29, 1.82) is 0 Å². The molecule has 0 saturated heterocycles. The smallest absolute Gasteiger partial charge is 0.306 e. The first kappa shape index (κ1) is 73.0. The number of phosphoric ester groups is 1. The number of allylic oxidation sites excluding steroid dienone is 8. The van der Waals surface area contributed by atoms with Crippen molar-refractivity contribution in [2.24, 2.45) is 0 Å². The van der Waals surface area contributed by atoms with E-state index < -0.39 is 26.5 Å². The number of likely N-dealkylation sites (N-methyl/N-ethyl adjacent to an activating group) is 1. The summed E-state index contributed by atoms with van der Waals surface area (Å²) in [6.45, 7) is 4.18. The molecule has 0 radical (unpaired) electrons. The average molecular weight is 1080 g/mol. The van der Waals surface area contributed by atoms with Crippen LogP contribution in [0.25, 0.3) is 0 Å². The Kier molecular flexibility index (Phi) is 55.1. The summed E-state index contributed by atoms with van der Waals surface area (Å²) in [4.78, 5) is 38.0. The normalized spacial score (nSPS) is 13.5. The third-order valence-corrected chi connectivity index (χ3v) is 15.1. The molecular formula is C65H122NO8P. The van der Waals surface area contributed by atoms with Crippen LogP contribution in [-0.2, 0) is 32.7 Å². The van der Waals surface area contributed by atoms with Crippen molar-refractivity contribution in [3.05, 3.63) is 48.6 Å². The van der Waals surface area contributed by atoms with E-state index in [-0.39, 0.29) is 32.0 Å². The second-order valence-corrected chi connectivity index (χ2v) is 24.2. The summed E-state index contributed by atoms with van der Waals surface area (Å²) in [7, 11) is 1.18. The van der Waals surface area contributed by atoms with E-state index in [4.69, 9.17) is 18.5 Å². The number of hydrogen-bond acceptors (Lipinski definition) is 8. The Balaban J connectivity index is 4.07. The molecule has 0 bridgehead atoms. The van der Waals surface area contributed by atoms with Crippen molar-refractivity contribution in [3.8, 4) is 0 Å². The SMILES string of the molecule is CC/C=C\C/C=C\C/C=C\C/C=C\CCCCCCCCCCCCCCCCC(=O)OC(COC(=O)CCCCCCCCCCCCCCCCCCCCCCCCCC)COP(=O)([O-])OCC[N+](C)(C)C. The van der Waals surface area contributed by atoms with Crippen molar-refractivity contribution in [2.75, 3.05) is 47.5 Å². The second-order valence-electron chi connectivity index (χ2n) is 22.8. The first-order valence-corrected chi connectivity index (χ1v) is 33.3. The molecule has 0 aromatic heterocycles. The molecular weight excluding hydrogens is 954 g/mol. The number of carbonyl (C=O) groups is 2. The maximum absolute atomic E-state index is 12.8. The zero-order valence-corrected chi connectivity index (χ0v) is 50.9. The van der Waals surface area contributed by atoms with Gasteiger partial charge in [0.2, 0.25) is 0 Å². The molecule has 440 valence electrons. The van der Waals surface area contributed by atoms with E-state index in [1.165, 1.54) is 205 Å². The molecule has 0 saturated carbocycles. The molecule has 2 unspecified atom stereocenters. The molecule has 0 aliphatic carbocycles. The second kappa shape index (κ2) is 56.7. The Hall–Kier alpha value is -2.03. The van der Waals surface area contributed by atoms with Crippen LogP contribution in [0.1, 0.15) is 303 Å². The minimum absolute atomic E-state index is 0.0295. The van der Waals surface area contributed by atoms with Gasteiger partial charge in [-0.2, -0.15) is 0 Å². The van der Waals surface area contributed by atoms with E-state index in [0.29, 0.717) is 17.4 Å². The lowest BCUT2D eigenvalue weighted by molar-refractivity contribution is -0.870. The molecule has 0 heterocycles. The van der Waals surface area contributed by atoms with Gasteiger partial charge in [0.1, 0.15) is 19.8 Å². The molecule has 0 rings (SSSR count). The van der Waals surface area contributed by atoms with Crippen LogP contribution < -0.4 is 4.89 Å². The first-order chi connectivity index (χ1) is 36.5. The van der Waals surface area contributed by atoms with Crippen molar-refractivity contribution >= 4 is 19.8 Å². The van der Waals surface area contributed by atoms with Crippen molar-refractivity contribution in [3.63, 3.8) is 0 Å². The number of nitrogens with zero attached hydrogens (tertiary/aromatic N) is 1. The van der Waals surface area contributed by atoms with E-state index >= 15 is 0 Å². The van der Waals surface area contributed by atoms with Crippen molar-refractivity contribution in [1.82, 2.24) is 0 Å². The summed E-state index contributed by atoms with van der Waals surface area (Å²) in [6, 6.07) is 0. The van der Waals surface area contributed by atoms with Gasteiger partial charge in [0.05, 0.1) is 27.7 Å². The van der Waals surface area contributed by atoms with E-state index in [9.17, 15) is 19.0 Å². The quantitative estimate of drug-likeness (QED) is 0.0195. The molecule has 2 atom stereocenters. The number of hydrogen-bond donors (Lipinski definition) is 0. The van der Waals surface area contributed by atoms with Crippen LogP contribution in [0.2, 0.25) is 0 Å². The van der Waals surface area contributed by atoms with Gasteiger partial charge >= 0.3 is 11.9 Å². The molecule has 0 amide bonds. The molecule has 10 heteroatoms. The van der Waals surface area contributed by atoms with E-state index in [0.717, 1.165) is 64.2 Å². The lowest BCUT2D eigenvalue weighted by atomic mass is 10.0. The molecule has 0 aromatic carbocycles. The zero-order chi connectivity index (χ0) is 54.9. The molecule has 0 fully saturated rings. The first-order valence-electron chi connectivity index (χ1n) is 31.8. The average Bonchev–Trinajstić information content (AvgIpc) is 3.37. The number of unbranched alkanes of at least 4 members (excludes halogenated alkanes) is 37. The molecule has 0 aromatic rings. The Bertz CT molecular complexity index is 1410. The Morgan fingerprint density at radius 3 is 1.13 bits per heavy atom. The third kappa shape index (κ3) is 61.1. The fourth-order valence-electron chi connectivity index (χ4n) is 9.24. The van der Waals surface area contributed by atoms with Gasteiger partial charge in [-0.3, -0.25) is 14.2 Å². The number of carbonyl (C=O) groups excluding carboxylic acids is 2. The fourth-order valence-corrected chi connectivity index (χ4v) is 9.97.